The number of halogens is 1. The van der Waals surface area contributed by atoms with Crippen molar-refractivity contribution in [2.24, 2.45) is 0 Å². The molecule has 21 heavy (non-hydrogen) atoms. The molecule has 0 saturated carbocycles. The van der Waals surface area contributed by atoms with Crippen LogP contribution in [0.4, 0.5) is 0 Å². The average Bonchev–Trinajstić information content (AvgIpc) is 2.94. The van der Waals surface area contributed by atoms with Crippen LogP contribution in [0.3, 0.4) is 0 Å². The summed E-state index contributed by atoms with van der Waals surface area (Å²) in [4.78, 5) is 0. The standard InChI is InChI=1S/C16H16BrNO3/c1-10(18-2)13-5-3-11(17)7-15(13)21-12-4-6-14-16(8-12)20-9-19-14/h3-8,10,18H,9H2,1-2H3. The minimum Gasteiger partial charge on any atom is -0.457 e. The first-order valence-corrected chi connectivity index (χ1v) is 7.51. The van der Waals surface area contributed by atoms with Crippen LogP contribution < -0.4 is 19.5 Å². The van der Waals surface area contributed by atoms with Gasteiger partial charge in [-0.3, -0.25) is 0 Å². The summed E-state index contributed by atoms with van der Waals surface area (Å²) in [7, 11) is 1.93. The Balaban J connectivity index is 1.92. The van der Waals surface area contributed by atoms with E-state index in [1.54, 1.807) is 0 Å². The average molecular weight is 350 g/mol. The van der Waals surface area contributed by atoms with Crippen LogP contribution in [0.2, 0.25) is 0 Å². The second-order valence-electron chi connectivity index (χ2n) is 4.81. The van der Waals surface area contributed by atoms with Crippen LogP contribution in [0.5, 0.6) is 23.0 Å². The topological polar surface area (TPSA) is 39.7 Å². The fraction of sp³-hybridized carbons (Fsp3) is 0.250. The van der Waals surface area contributed by atoms with E-state index in [0.29, 0.717) is 5.75 Å². The monoisotopic (exact) mass is 349 g/mol. The van der Waals surface area contributed by atoms with Gasteiger partial charge in [0, 0.05) is 22.1 Å². The molecule has 0 spiro atoms. The maximum absolute atomic E-state index is 6.03. The minimum atomic E-state index is 0.196. The Labute approximate surface area is 132 Å². The number of hydrogen-bond acceptors (Lipinski definition) is 4. The zero-order chi connectivity index (χ0) is 14.8. The van der Waals surface area contributed by atoms with Gasteiger partial charge in [0.25, 0.3) is 0 Å². The van der Waals surface area contributed by atoms with Crippen LogP contribution >= 0.6 is 15.9 Å². The van der Waals surface area contributed by atoms with Gasteiger partial charge in [0.15, 0.2) is 11.5 Å². The Hall–Kier alpha value is -1.72. The van der Waals surface area contributed by atoms with E-state index < -0.39 is 0 Å². The van der Waals surface area contributed by atoms with Crippen LogP contribution in [-0.2, 0) is 0 Å². The van der Waals surface area contributed by atoms with Crippen molar-refractivity contribution in [1.82, 2.24) is 5.32 Å². The smallest absolute Gasteiger partial charge is 0.231 e. The summed E-state index contributed by atoms with van der Waals surface area (Å²) in [5, 5.41) is 3.23. The zero-order valence-corrected chi connectivity index (χ0v) is 13.4. The lowest BCUT2D eigenvalue weighted by Crippen LogP contribution is -2.13. The molecule has 1 atom stereocenters. The summed E-state index contributed by atoms with van der Waals surface area (Å²) in [5.41, 5.74) is 1.10. The lowest BCUT2D eigenvalue weighted by molar-refractivity contribution is 0.174. The molecule has 110 valence electrons. The Kier molecular flexibility index (Phi) is 4.03. The van der Waals surface area contributed by atoms with E-state index in [-0.39, 0.29) is 12.8 Å². The van der Waals surface area contributed by atoms with E-state index in [1.165, 1.54) is 0 Å². The summed E-state index contributed by atoms with van der Waals surface area (Å²) < 4.78 is 17.7. The summed E-state index contributed by atoms with van der Waals surface area (Å²) in [6, 6.07) is 11.8. The highest BCUT2D eigenvalue weighted by atomic mass is 79.9. The van der Waals surface area contributed by atoms with Gasteiger partial charge >= 0.3 is 0 Å². The number of nitrogens with one attached hydrogen (secondary N) is 1. The van der Waals surface area contributed by atoms with Crippen molar-refractivity contribution >= 4 is 15.9 Å². The van der Waals surface area contributed by atoms with Crippen molar-refractivity contribution in [1.29, 1.82) is 0 Å². The van der Waals surface area contributed by atoms with Gasteiger partial charge in [-0.15, -0.1) is 0 Å². The molecule has 2 aromatic carbocycles. The summed E-state index contributed by atoms with van der Waals surface area (Å²) in [6.45, 7) is 2.35. The van der Waals surface area contributed by atoms with E-state index in [9.17, 15) is 0 Å². The molecule has 0 fully saturated rings. The lowest BCUT2D eigenvalue weighted by Gasteiger charge is -2.17. The van der Waals surface area contributed by atoms with E-state index in [4.69, 9.17) is 14.2 Å². The van der Waals surface area contributed by atoms with Gasteiger partial charge in [0.05, 0.1) is 0 Å². The highest BCUT2D eigenvalue weighted by molar-refractivity contribution is 9.10. The van der Waals surface area contributed by atoms with Gasteiger partial charge in [-0.2, -0.15) is 0 Å². The first-order chi connectivity index (χ1) is 10.2. The maximum Gasteiger partial charge on any atom is 0.231 e. The molecule has 0 saturated heterocycles. The molecule has 1 N–H and O–H groups in total. The number of rotatable bonds is 4. The molecule has 1 aliphatic rings. The van der Waals surface area contributed by atoms with E-state index >= 15 is 0 Å². The highest BCUT2D eigenvalue weighted by Crippen LogP contribution is 2.38. The van der Waals surface area contributed by atoms with Crippen LogP contribution in [-0.4, -0.2) is 13.8 Å². The lowest BCUT2D eigenvalue weighted by atomic mass is 10.1. The Morgan fingerprint density at radius 3 is 2.76 bits per heavy atom. The third-order valence-electron chi connectivity index (χ3n) is 3.45. The molecule has 4 nitrogen and oxygen atoms in total. The maximum atomic E-state index is 6.03. The first-order valence-electron chi connectivity index (χ1n) is 6.71. The molecule has 2 aromatic rings. The fourth-order valence-electron chi connectivity index (χ4n) is 2.18. The molecule has 0 bridgehead atoms. The van der Waals surface area contributed by atoms with Crippen LogP contribution in [0.1, 0.15) is 18.5 Å². The van der Waals surface area contributed by atoms with Gasteiger partial charge in [-0.05, 0) is 38.2 Å². The van der Waals surface area contributed by atoms with Gasteiger partial charge in [0.2, 0.25) is 6.79 Å². The molecule has 1 heterocycles. The van der Waals surface area contributed by atoms with Gasteiger partial charge in [-0.25, -0.2) is 0 Å². The van der Waals surface area contributed by atoms with Gasteiger partial charge in [0.1, 0.15) is 11.5 Å². The summed E-state index contributed by atoms with van der Waals surface area (Å²) in [6.07, 6.45) is 0. The summed E-state index contributed by atoms with van der Waals surface area (Å²) >= 11 is 3.49. The largest absolute Gasteiger partial charge is 0.457 e. The number of benzene rings is 2. The van der Waals surface area contributed by atoms with E-state index in [0.717, 1.165) is 27.3 Å². The fourth-order valence-corrected chi connectivity index (χ4v) is 2.52. The Bertz CT molecular complexity index is 660. The molecule has 1 aliphatic heterocycles. The minimum absolute atomic E-state index is 0.196. The number of ether oxygens (including phenoxy) is 3. The molecule has 5 heteroatoms. The van der Waals surface area contributed by atoms with Crippen molar-refractivity contribution in [3.8, 4) is 23.0 Å². The third kappa shape index (κ3) is 2.99. The Morgan fingerprint density at radius 1 is 1.14 bits per heavy atom. The van der Waals surface area contributed by atoms with Crippen LogP contribution in [0, 0.1) is 0 Å². The van der Waals surface area contributed by atoms with E-state index in [1.807, 2.05) is 43.4 Å². The molecule has 0 aliphatic carbocycles. The number of fused-ring (bicyclic) bond motifs is 1. The zero-order valence-electron chi connectivity index (χ0n) is 11.9. The van der Waals surface area contributed by atoms with Crippen LogP contribution in [0.15, 0.2) is 40.9 Å². The summed E-state index contributed by atoms with van der Waals surface area (Å²) in [5.74, 6) is 3.00. The van der Waals surface area contributed by atoms with E-state index in [2.05, 4.69) is 28.2 Å². The van der Waals surface area contributed by atoms with Crippen molar-refractivity contribution < 1.29 is 14.2 Å². The second-order valence-corrected chi connectivity index (χ2v) is 5.73. The Morgan fingerprint density at radius 2 is 1.95 bits per heavy atom. The van der Waals surface area contributed by atoms with Crippen molar-refractivity contribution in [2.75, 3.05) is 13.8 Å². The first kappa shape index (κ1) is 14.2. The molecular weight excluding hydrogens is 334 g/mol. The van der Waals surface area contributed by atoms with Crippen molar-refractivity contribution in [3.05, 3.63) is 46.4 Å². The molecule has 1 unspecified atom stereocenters. The molecule has 3 rings (SSSR count). The van der Waals surface area contributed by atoms with Crippen LogP contribution in [0.25, 0.3) is 0 Å². The number of hydrogen-bond donors (Lipinski definition) is 1. The third-order valence-corrected chi connectivity index (χ3v) is 3.94. The van der Waals surface area contributed by atoms with Gasteiger partial charge in [-0.1, -0.05) is 22.0 Å². The molecule has 0 amide bonds. The predicted octanol–water partition coefficient (Wildman–Crippen LogP) is 4.25. The molecule has 0 radical (unpaired) electrons. The van der Waals surface area contributed by atoms with Gasteiger partial charge < -0.3 is 19.5 Å². The predicted molar refractivity (Wildman–Crippen MR) is 84.3 cm³/mol. The van der Waals surface area contributed by atoms with Crippen molar-refractivity contribution in [2.45, 2.75) is 13.0 Å². The quantitative estimate of drug-likeness (QED) is 0.895. The van der Waals surface area contributed by atoms with Crippen molar-refractivity contribution in [3.63, 3.8) is 0 Å². The highest BCUT2D eigenvalue weighted by Gasteiger charge is 2.16. The SMILES string of the molecule is CNC(C)c1ccc(Br)cc1Oc1ccc2c(c1)OCO2. The second kappa shape index (κ2) is 5.95. The normalized spacial score (nSPS) is 14.0. The molecule has 0 aromatic heterocycles. The molecular formula is C16H16BrNO3.